The number of phenolic OH excluding ortho intramolecular Hbond substituents is 1. The second-order valence-corrected chi connectivity index (χ2v) is 4.54. The topological polar surface area (TPSA) is 61.4 Å². The van der Waals surface area contributed by atoms with E-state index in [2.05, 4.69) is 10.6 Å². The minimum atomic E-state index is -0.327. The highest BCUT2D eigenvalue weighted by Gasteiger charge is 2.13. The first-order chi connectivity index (χ1) is 8.56. The van der Waals surface area contributed by atoms with Gasteiger partial charge in [-0.05, 0) is 25.5 Å². The van der Waals surface area contributed by atoms with Gasteiger partial charge in [0, 0.05) is 23.7 Å². The molecule has 0 spiro atoms. The van der Waals surface area contributed by atoms with Crippen molar-refractivity contribution in [1.29, 1.82) is 0 Å². The van der Waals surface area contributed by atoms with E-state index in [0.29, 0.717) is 23.7 Å². The third kappa shape index (κ3) is 4.20. The number of carbonyl (C=O) groups excluding carboxylic acids is 1. The lowest BCUT2D eigenvalue weighted by Crippen LogP contribution is -2.42. The molecule has 0 aliphatic rings. The lowest BCUT2D eigenvalue weighted by Gasteiger charge is -2.15. The van der Waals surface area contributed by atoms with Gasteiger partial charge in [-0.25, -0.2) is 0 Å². The van der Waals surface area contributed by atoms with Crippen LogP contribution in [-0.4, -0.2) is 23.6 Å². The van der Waals surface area contributed by atoms with Crippen molar-refractivity contribution < 1.29 is 9.90 Å². The molecule has 1 unspecified atom stereocenters. The van der Waals surface area contributed by atoms with Crippen molar-refractivity contribution in [2.75, 3.05) is 6.54 Å². The van der Waals surface area contributed by atoms with Crippen molar-refractivity contribution in [3.05, 3.63) is 28.8 Å². The lowest BCUT2D eigenvalue weighted by molar-refractivity contribution is -0.122. The van der Waals surface area contributed by atoms with Gasteiger partial charge in [-0.3, -0.25) is 4.79 Å². The maximum atomic E-state index is 11.6. The Hall–Kier alpha value is -1.26. The summed E-state index contributed by atoms with van der Waals surface area (Å²) < 4.78 is 0. The van der Waals surface area contributed by atoms with Gasteiger partial charge in [0.25, 0.3) is 0 Å². The molecule has 4 nitrogen and oxygen atoms in total. The van der Waals surface area contributed by atoms with Crippen LogP contribution in [0.2, 0.25) is 5.02 Å². The number of amides is 1. The number of halogens is 1. The average molecular weight is 271 g/mol. The van der Waals surface area contributed by atoms with Gasteiger partial charge in [0.1, 0.15) is 5.75 Å². The molecule has 1 aromatic rings. The summed E-state index contributed by atoms with van der Waals surface area (Å²) in [7, 11) is 0. The number of carbonyl (C=O) groups is 1. The summed E-state index contributed by atoms with van der Waals surface area (Å²) in [5, 5.41) is 16.0. The third-order valence-electron chi connectivity index (χ3n) is 2.62. The Balaban J connectivity index is 2.52. The van der Waals surface area contributed by atoms with Crippen LogP contribution in [0.25, 0.3) is 0 Å². The van der Waals surface area contributed by atoms with Crippen LogP contribution in [0.5, 0.6) is 5.75 Å². The van der Waals surface area contributed by atoms with Crippen LogP contribution in [0.3, 0.4) is 0 Å². The van der Waals surface area contributed by atoms with Crippen LogP contribution in [0.1, 0.15) is 25.8 Å². The molecule has 3 N–H and O–H groups in total. The minimum Gasteiger partial charge on any atom is -0.508 e. The molecule has 0 heterocycles. The highest BCUT2D eigenvalue weighted by atomic mass is 35.5. The summed E-state index contributed by atoms with van der Waals surface area (Å²) in [4.78, 5) is 11.6. The van der Waals surface area contributed by atoms with E-state index in [1.54, 1.807) is 25.1 Å². The Morgan fingerprint density at radius 3 is 2.83 bits per heavy atom. The molecular formula is C13H19ClN2O2. The van der Waals surface area contributed by atoms with Gasteiger partial charge in [-0.1, -0.05) is 24.6 Å². The van der Waals surface area contributed by atoms with E-state index in [0.717, 1.165) is 6.42 Å². The first-order valence-electron chi connectivity index (χ1n) is 6.03. The fourth-order valence-electron chi connectivity index (χ4n) is 1.47. The van der Waals surface area contributed by atoms with Crippen LogP contribution in [0, 0.1) is 0 Å². The fraction of sp³-hybridized carbons (Fsp3) is 0.462. The van der Waals surface area contributed by atoms with Crippen molar-refractivity contribution in [2.45, 2.75) is 32.9 Å². The van der Waals surface area contributed by atoms with E-state index in [-0.39, 0.29) is 17.7 Å². The van der Waals surface area contributed by atoms with Crippen LogP contribution < -0.4 is 10.6 Å². The normalized spacial score (nSPS) is 12.2. The van der Waals surface area contributed by atoms with Crippen molar-refractivity contribution >= 4 is 17.5 Å². The molecule has 0 aliphatic heterocycles. The summed E-state index contributed by atoms with van der Waals surface area (Å²) in [6.07, 6.45) is 0.907. The number of phenols is 1. The van der Waals surface area contributed by atoms with Gasteiger partial charge < -0.3 is 15.7 Å². The van der Waals surface area contributed by atoms with Crippen molar-refractivity contribution in [1.82, 2.24) is 10.6 Å². The van der Waals surface area contributed by atoms with E-state index in [1.807, 2.05) is 6.92 Å². The zero-order valence-electron chi connectivity index (χ0n) is 10.7. The first-order valence-corrected chi connectivity index (χ1v) is 6.41. The number of nitrogens with one attached hydrogen (secondary N) is 2. The second kappa shape index (κ2) is 7.24. The quantitative estimate of drug-likeness (QED) is 0.741. The predicted molar refractivity (Wildman–Crippen MR) is 72.7 cm³/mol. The summed E-state index contributed by atoms with van der Waals surface area (Å²) in [6, 6.07) is 4.64. The Morgan fingerprint density at radius 1 is 1.50 bits per heavy atom. The number of rotatable bonds is 6. The molecule has 0 fully saturated rings. The molecule has 0 radical (unpaired) electrons. The van der Waals surface area contributed by atoms with E-state index in [4.69, 9.17) is 11.6 Å². The Kier molecular flexibility index (Phi) is 5.95. The molecule has 1 amide bonds. The van der Waals surface area contributed by atoms with Gasteiger partial charge in [-0.15, -0.1) is 0 Å². The molecule has 100 valence electrons. The smallest absolute Gasteiger partial charge is 0.236 e. The molecule has 5 heteroatoms. The van der Waals surface area contributed by atoms with E-state index < -0.39 is 0 Å². The number of aromatic hydroxyl groups is 1. The second-order valence-electron chi connectivity index (χ2n) is 4.13. The molecule has 0 saturated carbocycles. The summed E-state index contributed by atoms with van der Waals surface area (Å²) in [5.74, 6) is 0.0829. The predicted octanol–water partition coefficient (Wildman–Crippen LogP) is 2.05. The highest BCUT2D eigenvalue weighted by molar-refractivity contribution is 6.31. The zero-order chi connectivity index (χ0) is 13.5. The molecule has 0 bridgehead atoms. The van der Waals surface area contributed by atoms with Crippen LogP contribution in [0.4, 0.5) is 0 Å². The van der Waals surface area contributed by atoms with Crippen LogP contribution >= 0.6 is 11.6 Å². The molecule has 1 atom stereocenters. The number of hydrogen-bond donors (Lipinski definition) is 3. The third-order valence-corrected chi connectivity index (χ3v) is 2.98. The van der Waals surface area contributed by atoms with Crippen LogP contribution in [0.15, 0.2) is 18.2 Å². The number of benzene rings is 1. The van der Waals surface area contributed by atoms with E-state index in [1.165, 1.54) is 0 Å². The van der Waals surface area contributed by atoms with Crippen molar-refractivity contribution in [2.24, 2.45) is 0 Å². The Bertz CT molecular complexity index is 390. The fourth-order valence-corrected chi connectivity index (χ4v) is 1.71. The zero-order valence-corrected chi connectivity index (χ0v) is 11.4. The molecule has 18 heavy (non-hydrogen) atoms. The van der Waals surface area contributed by atoms with E-state index >= 15 is 0 Å². The van der Waals surface area contributed by atoms with Crippen LogP contribution in [-0.2, 0) is 11.3 Å². The molecular weight excluding hydrogens is 252 g/mol. The Morgan fingerprint density at radius 2 is 2.22 bits per heavy atom. The van der Waals surface area contributed by atoms with Gasteiger partial charge in [0.2, 0.25) is 5.91 Å². The molecule has 0 aromatic heterocycles. The maximum Gasteiger partial charge on any atom is 0.236 e. The monoisotopic (exact) mass is 270 g/mol. The van der Waals surface area contributed by atoms with Gasteiger partial charge in [-0.2, -0.15) is 0 Å². The summed E-state index contributed by atoms with van der Waals surface area (Å²) in [5.41, 5.74) is 0.606. The minimum absolute atomic E-state index is 0.0524. The highest BCUT2D eigenvalue weighted by Crippen LogP contribution is 2.24. The standard InChI is InChI=1S/C13H19ClN2O2/c1-3-7-15-13(18)9(2)16-8-10-11(14)5-4-6-12(10)17/h4-6,9,16-17H,3,7-8H2,1-2H3,(H,15,18). The average Bonchev–Trinajstić information content (AvgIpc) is 2.35. The van der Waals surface area contributed by atoms with Gasteiger partial charge in [0.05, 0.1) is 6.04 Å². The summed E-state index contributed by atoms with van der Waals surface area (Å²) >= 11 is 5.98. The lowest BCUT2D eigenvalue weighted by atomic mass is 10.2. The van der Waals surface area contributed by atoms with Crippen molar-refractivity contribution in [3.8, 4) is 5.75 Å². The molecule has 1 rings (SSSR count). The number of hydrogen-bond acceptors (Lipinski definition) is 3. The largest absolute Gasteiger partial charge is 0.508 e. The maximum absolute atomic E-state index is 11.6. The summed E-state index contributed by atoms with van der Waals surface area (Å²) in [6.45, 7) is 4.80. The molecule has 0 aliphatic carbocycles. The molecule has 1 aromatic carbocycles. The SMILES string of the molecule is CCCNC(=O)C(C)NCc1c(O)cccc1Cl. The first kappa shape index (κ1) is 14.8. The van der Waals surface area contributed by atoms with Gasteiger partial charge in [0.15, 0.2) is 0 Å². The van der Waals surface area contributed by atoms with Gasteiger partial charge >= 0.3 is 0 Å². The Labute approximate surface area is 112 Å². The van der Waals surface area contributed by atoms with E-state index in [9.17, 15) is 9.90 Å². The van der Waals surface area contributed by atoms with Crippen molar-refractivity contribution in [3.63, 3.8) is 0 Å². The molecule has 0 saturated heterocycles.